The second kappa shape index (κ2) is 3.37. The number of aryl methyl sites for hydroxylation is 1. The molecule has 5 heteroatoms. The number of halogens is 3. The Morgan fingerprint density at radius 3 is 2.50 bits per heavy atom. The molecule has 2 aromatic rings. The zero-order valence-electron chi connectivity index (χ0n) is 8.38. The fourth-order valence-corrected chi connectivity index (χ4v) is 1.65. The van der Waals surface area contributed by atoms with Crippen molar-refractivity contribution in [3.63, 3.8) is 0 Å². The van der Waals surface area contributed by atoms with E-state index in [0.717, 1.165) is 0 Å². The van der Waals surface area contributed by atoms with Gasteiger partial charge in [-0.2, -0.15) is 13.2 Å². The fourth-order valence-electron chi connectivity index (χ4n) is 1.65. The highest BCUT2D eigenvalue weighted by Crippen LogP contribution is 2.25. The summed E-state index contributed by atoms with van der Waals surface area (Å²) in [6.45, 7) is 1.67. The van der Waals surface area contributed by atoms with Gasteiger partial charge in [-0.25, -0.2) is 0 Å². The number of carbonyl (C=O) groups excluding carboxylic acids is 1. The molecule has 0 unspecified atom stereocenters. The minimum Gasteiger partial charge on any atom is -0.279 e. The maximum atomic E-state index is 12.3. The Kier molecular flexibility index (Phi) is 2.26. The van der Waals surface area contributed by atoms with Gasteiger partial charge in [0.15, 0.2) is 0 Å². The van der Waals surface area contributed by atoms with Gasteiger partial charge < -0.3 is 0 Å². The summed E-state index contributed by atoms with van der Waals surface area (Å²) in [4.78, 5) is 11.1. The predicted octanol–water partition coefficient (Wildman–Crippen LogP) is 3.15. The molecule has 0 bridgehead atoms. The lowest BCUT2D eigenvalue weighted by Crippen LogP contribution is -2.28. The van der Waals surface area contributed by atoms with Gasteiger partial charge in [0.25, 0.3) is 0 Å². The first-order valence-corrected chi connectivity index (χ1v) is 4.59. The number of rotatable bonds is 0. The van der Waals surface area contributed by atoms with Gasteiger partial charge in [-0.05, 0) is 18.6 Å². The summed E-state index contributed by atoms with van der Waals surface area (Å²) in [5.41, 5.74) is 0.926. The molecule has 0 fully saturated rings. The first-order chi connectivity index (χ1) is 7.41. The van der Waals surface area contributed by atoms with Crippen LogP contribution in [-0.4, -0.2) is 16.7 Å². The number of para-hydroxylation sites is 1. The second-order valence-electron chi connectivity index (χ2n) is 3.50. The van der Waals surface area contributed by atoms with Crippen molar-refractivity contribution in [2.45, 2.75) is 13.1 Å². The molecule has 1 aromatic heterocycles. The zero-order chi connectivity index (χ0) is 11.9. The molecule has 1 aromatic carbocycles. The first kappa shape index (κ1) is 10.7. The molecule has 0 atom stereocenters. The minimum atomic E-state index is -4.85. The van der Waals surface area contributed by atoms with E-state index in [9.17, 15) is 18.0 Å². The Morgan fingerprint density at radius 1 is 1.25 bits per heavy atom. The van der Waals surface area contributed by atoms with E-state index in [4.69, 9.17) is 0 Å². The van der Waals surface area contributed by atoms with Crippen molar-refractivity contribution in [2.75, 3.05) is 0 Å². The molecule has 0 radical (unpaired) electrons. The van der Waals surface area contributed by atoms with Gasteiger partial charge in [-0.3, -0.25) is 9.36 Å². The number of hydrogen-bond donors (Lipinski definition) is 0. The van der Waals surface area contributed by atoms with Gasteiger partial charge in [0.2, 0.25) is 0 Å². The van der Waals surface area contributed by atoms with Crippen molar-refractivity contribution < 1.29 is 18.0 Å². The topological polar surface area (TPSA) is 22.0 Å². The molecule has 84 valence electrons. The normalized spacial score (nSPS) is 12.0. The Labute approximate surface area is 89.3 Å². The Bertz CT molecular complexity index is 554. The lowest BCUT2D eigenvalue weighted by molar-refractivity contribution is -0.0943. The van der Waals surface area contributed by atoms with Crippen LogP contribution in [0.3, 0.4) is 0 Å². The van der Waals surface area contributed by atoms with Crippen LogP contribution in [0.2, 0.25) is 0 Å². The van der Waals surface area contributed by atoms with Crippen molar-refractivity contribution in [3.05, 3.63) is 36.0 Å². The average Bonchev–Trinajstić information content (AvgIpc) is 2.55. The molecule has 0 amide bonds. The summed E-state index contributed by atoms with van der Waals surface area (Å²) in [6, 6.07) is 6.50. The van der Waals surface area contributed by atoms with Crippen molar-refractivity contribution in [1.82, 2.24) is 4.57 Å². The largest absolute Gasteiger partial charge is 0.472 e. The molecule has 0 aliphatic rings. The third kappa shape index (κ3) is 1.58. The SMILES string of the molecule is Cc1cn(C(=O)C(F)(F)F)c2ccccc12. The number of hydrogen-bond acceptors (Lipinski definition) is 1. The summed E-state index contributed by atoms with van der Waals surface area (Å²) < 4.78 is 37.5. The van der Waals surface area contributed by atoms with Crippen LogP contribution in [0, 0.1) is 6.92 Å². The van der Waals surface area contributed by atoms with Gasteiger partial charge in [0, 0.05) is 11.6 Å². The van der Waals surface area contributed by atoms with Crippen LogP contribution in [0.5, 0.6) is 0 Å². The van der Waals surface area contributed by atoms with E-state index in [2.05, 4.69) is 0 Å². The Balaban J connectivity index is 2.67. The lowest BCUT2D eigenvalue weighted by Gasteiger charge is -2.06. The van der Waals surface area contributed by atoms with Gasteiger partial charge in [0.1, 0.15) is 0 Å². The standard InChI is InChI=1S/C11H8F3NO/c1-7-6-15(10(16)11(12,13)14)9-5-3-2-4-8(7)9/h2-6H,1H3. The van der Waals surface area contributed by atoms with Crippen molar-refractivity contribution in [2.24, 2.45) is 0 Å². The molecule has 2 nitrogen and oxygen atoms in total. The van der Waals surface area contributed by atoms with E-state index >= 15 is 0 Å². The number of nitrogens with zero attached hydrogens (tertiary/aromatic N) is 1. The summed E-state index contributed by atoms with van der Waals surface area (Å²) in [7, 11) is 0. The maximum Gasteiger partial charge on any atom is 0.472 e. The summed E-state index contributed by atoms with van der Waals surface area (Å²) in [5, 5.41) is 0.653. The van der Waals surface area contributed by atoms with E-state index in [1.807, 2.05) is 0 Å². The highest BCUT2D eigenvalue weighted by atomic mass is 19.4. The van der Waals surface area contributed by atoms with Crippen LogP contribution >= 0.6 is 0 Å². The van der Waals surface area contributed by atoms with Crippen LogP contribution in [-0.2, 0) is 0 Å². The molecule has 0 aliphatic heterocycles. The van der Waals surface area contributed by atoms with Gasteiger partial charge in [0.05, 0.1) is 5.52 Å². The maximum absolute atomic E-state index is 12.3. The fraction of sp³-hybridized carbons (Fsp3) is 0.182. The number of benzene rings is 1. The molecular weight excluding hydrogens is 219 g/mol. The van der Waals surface area contributed by atoms with Crippen LogP contribution in [0.15, 0.2) is 30.5 Å². The van der Waals surface area contributed by atoms with E-state index in [0.29, 0.717) is 15.5 Å². The van der Waals surface area contributed by atoms with Gasteiger partial charge >= 0.3 is 12.1 Å². The summed E-state index contributed by atoms with van der Waals surface area (Å²) in [6.07, 6.45) is -3.64. The van der Waals surface area contributed by atoms with E-state index in [-0.39, 0.29) is 5.52 Å². The summed E-state index contributed by atoms with van der Waals surface area (Å²) >= 11 is 0. The quantitative estimate of drug-likeness (QED) is 0.677. The zero-order valence-corrected chi connectivity index (χ0v) is 8.38. The lowest BCUT2D eigenvalue weighted by atomic mass is 10.2. The van der Waals surface area contributed by atoms with E-state index in [1.165, 1.54) is 12.3 Å². The number of alkyl halides is 3. The monoisotopic (exact) mass is 227 g/mol. The number of carbonyl (C=O) groups is 1. The first-order valence-electron chi connectivity index (χ1n) is 4.59. The molecule has 0 saturated carbocycles. The van der Waals surface area contributed by atoms with E-state index < -0.39 is 12.1 Å². The highest BCUT2D eigenvalue weighted by molar-refractivity contribution is 5.96. The number of aromatic nitrogens is 1. The molecule has 0 N–H and O–H groups in total. The molecule has 2 rings (SSSR count). The Morgan fingerprint density at radius 2 is 1.88 bits per heavy atom. The third-order valence-corrected chi connectivity index (χ3v) is 2.37. The molecular formula is C11H8F3NO. The van der Waals surface area contributed by atoms with Gasteiger partial charge in [-0.15, -0.1) is 0 Å². The average molecular weight is 227 g/mol. The second-order valence-corrected chi connectivity index (χ2v) is 3.50. The summed E-state index contributed by atoms with van der Waals surface area (Å²) in [5.74, 6) is -1.86. The van der Waals surface area contributed by atoms with Crippen molar-refractivity contribution in [3.8, 4) is 0 Å². The van der Waals surface area contributed by atoms with Gasteiger partial charge in [-0.1, -0.05) is 18.2 Å². The van der Waals surface area contributed by atoms with Crippen LogP contribution < -0.4 is 0 Å². The van der Waals surface area contributed by atoms with E-state index in [1.54, 1.807) is 25.1 Å². The molecule has 0 spiro atoms. The minimum absolute atomic E-state index is 0.280. The van der Waals surface area contributed by atoms with Crippen molar-refractivity contribution in [1.29, 1.82) is 0 Å². The Hall–Kier alpha value is -1.78. The van der Waals surface area contributed by atoms with Crippen LogP contribution in [0.4, 0.5) is 13.2 Å². The smallest absolute Gasteiger partial charge is 0.279 e. The van der Waals surface area contributed by atoms with Crippen molar-refractivity contribution >= 4 is 16.8 Å². The van der Waals surface area contributed by atoms with Crippen LogP contribution in [0.25, 0.3) is 10.9 Å². The molecule has 0 aliphatic carbocycles. The highest BCUT2D eigenvalue weighted by Gasteiger charge is 2.40. The predicted molar refractivity (Wildman–Crippen MR) is 53.4 cm³/mol. The third-order valence-electron chi connectivity index (χ3n) is 2.37. The molecule has 16 heavy (non-hydrogen) atoms. The molecule has 0 saturated heterocycles. The number of fused-ring (bicyclic) bond motifs is 1. The molecule has 1 heterocycles. The van der Waals surface area contributed by atoms with Crippen LogP contribution in [0.1, 0.15) is 10.4 Å².